The number of benzene rings is 5. The van der Waals surface area contributed by atoms with E-state index in [4.69, 9.17) is 18.9 Å². The van der Waals surface area contributed by atoms with Gasteiger partial charge in [0, 0.05) is 35.7 Å². The van der Waals surface area contributed by atoms with Crippen molar-refractivity contribution in [3.63, 3.8) is 0 Å². The Kier molecular flexibility index (Phi) is 15.7. The number of carbonyl (C=O) groups is 3. The maximum atomic E-state index is 16.6. The van der Waals surface area contributed by atoms with Crippen LogP contribution < -0.4 is 14.5 Å². The summed E-state index contributed by atoms with van der Waals surface area (Å²) in [5.41, 5.74) is 5.48. The number of hydrazone groups is 1. The molecular formula is C50H47F2N3O7S. The van der Waals surface area contributed by atoms with Crippen LogP contribution in [-0.4, -0.2) is 56.0 Å². The lowest BCUT2D eigenvalue weighted by Gasteiger charge is -2.14. The third kappa shape index (κ3) is 12.5. The van der Waals surface area contributed by atoms with Crippen molar-refractivity contribution in [2.24, 2.45) is 5.10 Å². The van der Waals surface area contributed by atoms with Crippen molar-refractivity contribution in [1.82, 2.24) is 4.98 Å². The summed E-state index contributed by atoms with van der Waals surface area (Å²) in [5, 5.41) is 6.72. The van der Waals surface area contributed by atoms with Crippen LogP contribution >= 0.6 is 11.3 Å². The molecule has 0 N–H and O–H groups in total. The van der Waals surface area contributed by atoms with E-state index in [0.29, 0.717) is 70.2 Å². The van der Waals surface area contributed by atoms with Gasteiger partial charge < -0.3 is 18.9 Å². The summed E-state index contributed by atoms with van der Waals surface area (Å²) in [5.74, 6) is -2.46. The average Bonchev–Trinajstić information content (AvgIpc) is 3.72. The molecule has 6 rings (SSSR count). The molecule has 6 aromatic rings. The molecule has 0 amide bonds. The van der Waals surface area contributed by atoms with Crippen LogP contribution in [-0.2, 0) is 36.7 Å². The van der Waals surface area contributed by atoms with Crippen molar-refractivity contribution in [2.75, 3.05) is 31.9 Å². The lowest BCUT2D eigenvalue weighted by atomic mass is 9.96. The fourth-order valence-corrected chi connectivity index (χ4v) is 7.16. The highest BCUT2D eigenvalue weighted by Gasteiger charge is 2.18. The highest BCUT2D eigenvalue weighted by molar-refractivity contribution is 7.22. The number of hydrogen-bond donors (Lipinski definition) is 0. The van der Waals surface area contributed by atoms with E-state index >= 15 is 8.78 Å². The number of thiazole rings is 1. The summed E-state index contributed by atoms with van der Waals surface area (Å²) in [6.07, 6.45) is 3.16. The molecule has 324 valence electrons. The first-order valence-corrected chi connectivity index (χ1v) is 21.1. The molecule has 0 aliphatic heterocycles. The maximum Gasteiger partial charge on any atom is 0.333 e. The second-order valence-corrected chi connectivity index (χ2v) is 15.7. The number of para-hydroxylation sites is 1. The van der Waals surface area contributed by atoms with Crippen molar-refractivity contribution in [3.05, 3.63) is 156 Å². The van der Waals surface area contributed by atoms with E-state index in [2.05, 4.69) is 23.2 Å². The van der Waals surface area contributed by atoms with Crippen molar-refractivity contribution >= 4 is 50.8 Å². The molecule has 10 nitrogen and oxygen atoms in total. The molecule has 13 heteroatoms. The fraction of sp³-hybridized carbons (Fsp3) is 0.220. The Hall–Kier alpha value is -6.99. The highest BCUT2D eigenvalue weighted by Crippen LogP contribution is 2.32. The summed E-state index contributed by atoms with van der Waals surface area (Å²) in [7, 11) is 1.72. The minimum absolute atomic E-state index is 0.0824. The van der Waals surface area contributed by atoms with Gasteiger partial charge in [0.15, 0.2) is 11.6 Å². The number of aromatic nitrogens is 1. The van der Waals surface area contributed by atoms with Gasteiger partial charge in [-0.2, -0.15) is 5.10 Å². The van der Waals surface area contributed by atoms with E-state index in [-0.39, 0.29) is 37.4 Å². The van der Waals surface area contributed by atoms with Crippen LogP contribution in [0.15, 0.2) is 133 Å². The minimum Gasteiger partial charge on any atom is -0.493 e. The molecule has 0 atom stereocenters. The zero-order valence-electron chi connectivity index (χ0n) is 35.3. The van der Waals surface area contributed by atoms with Gasteiger partial charge in [-0.3, -0.25) is 4.79 Å². The number of carbonyl (C=O) groups excluding carboxylic acids is 3. The van der Waals surface area contributed by atoms with Gasteiger partial charge in [-0.1, -0.05) is 91.2 Å². The topological polar surface area (TPSA) is 117 Å². The van der Waals surface area contributed by atoms with Gasteiger partial charge in [-0.05, 0) is 97.3 Å². The predicted octanol–water partition coefficient (Wildman–Crippen LogP) is 10.9. The average molecular weight is 872 g/mol. The van der Waals surface area contributed by atoms with E-state index in [0.717, 1.165) is 21.3 Å². The van der Waals surface area contributed by atoms with Crippen LogP contribution in [0.3, 0.4) is 0 Å². The van der Waals surface area contributed by atoms with Gasteiger partial charge >= 0.3 is 17.9 Å². The fourth-order valence-electron chi connectivity index (χ4n) is 6.28. The normalized spacial score (nSPS) is 11.1. The van der Waals surface area contributed by atoms with Gasteiger partial charge in [0.05, 0.1) is 42.7 Å². The Bertz CT molecular complexity index is 2610. The highest BCUT2D eigenvalue weighted by atomic mass is 32.1. The lowest BCUT2D eigenvalue weighted by Crippen LogP contribution is -2.12. The third-order valence-corrected chi connectivity index (χ3v) is 10.8. The van der Waals surface area contributed by atoms with E-state index in [1.54, 1.807) is 68.4 Å². The molecule has 0 radical (unpaired) electrons. The zero-order chi connectivity index (χ0) is 44.9. The molecule has 0 saturated heterocycles. The third-order valence-electron chi connectivity index (χ3n) is 9.73. The number of anilines is 1. The van der Waals surface area contributed by atoms with Crippen molar-refractivity contribution in [2.45, 2.75) is 46.0 Å². The number of aryl methyl sites for hydroxylation is 2. The van der Waals surface area contributed by atoms with E-state index in [1.807, 2.05) is 48.5 Å². The molecule has 1 aromatic heterocycles. The first kappa shape index (κ1) is 45.5. The molecule has 0 bridgehead atoms. The Morgan fingerprint density at radius 2 is 1.44 bits per heavy atom. The van der Waals surface area contributed by atoms with Gasteiger partial charge in [0.2, 0.25) is 5.13 Å². The summed E-state index contributed by atoms with van der Waals surface area (Å²) >= 11 is 1.44. The van der Waals surface area contributed by atoms with E-state index in [1.165, 1.54) is 29.7 Å². The Morgan fingerprint density at radius 1 is 0.778 bits per heavy atom. The van der Waals surface area contributed by atoms with Crippen LogP contribution in [0, 0.1) is 11.6 Å². The van der Waals surface area contributed by atoms with Gasteiger partial charge in [-0.25, -0.2) is 28.4 Å². The molecule has 0 unspecified atom stereocenters. The molecule has 63 heavy (non-hydrogen) atoms. The van der Waals surface area contributed by atoms with Gasteiger partial charge in [-0.15, -0.1) is 0 Å². The van der Waals surface area contributed by atoms with Crippen molar-refractivity contribution in [3.8, 4) is 33.8 Å². The lowest BCUT2D eigenvalue weighted by molar-refractivity contribution is -0.140. The van der Waals surface area contributed by atoms with Crippen LogP contribution in [0.25, 0.3) is 32.5 Å². The SMILES string of the molecule is C=C(C)C(=O)OCCCOc1ccc(-c2ccc(CCC(=O)Oc3ccc(-c4ccc(CCCOC(=O)C(=C)C)cc4)cc3F)c(/C=N/N(C)c3nc4ccccc4s3)c2F)cc1. The summed E-state index contributed by atoms with van der Waals surface area (Å²) in [4.78, 5) is 40.9. The van der Waals surface area contributed by atoms with E-state index < -0.39 is 29.5 Å². The Labute approximate surface area is 369 Å². The monoisotopic (exact) mass is 871 g/mol. The number of nitrogens with zero attached hydrogens (tertiary/aromatic N) is 3. The van der Waals surface area contributed by atoms with Gasteiger partial charge in [0.25, 0.3) is 0 Å². The number of fused-ring (bicyclic) bond motifs is 1. The summed E-state index contributed by atoms with van der Waals surface area (Å²) < 4.78 is 54.4. The smallest absolute Gasteiger partial charge is 0.333 e. The Morgan fingerprint density at radius 3 is 2.13 bits per heavy atom. The van der Waals surface area contributed by atoms with Crippen LogP contribution in [0.2, 0.25) is 0 Å². The molecule has 1 heterocycles. The standard InChI is InChI=1S/C50H47F2N3O7S/c1-32(2)48(57)60-27-8-10-34-13-15-35(16-14-34)38-20-25-44(42(51)30-38)62-46(56)26-21-37-19-24-40(36-17-22-39(23-18-36)59-28-9-29-61-49(58)33(3)4)47(52)41(37)31-53-55(5)50-54-43-11-6-7-12-45(43)63-50/h6-7,11-20,22-25,30-31H,1,3,8-10,21,26-29H2,2,4-5H3/b53-31+. The van der Waals surface area contributed by atoms with Crippen molar-refractivity contribution in [1.29, 1.82) is 0 Å². The number of hydrogen-bond acceptors (Lipinski definition) is 11. The maximum absolute atomic E-state index is 16.6. The minimum atomic E-state index is -0.703. The summed E-state index contributed by atoms with van der Waals surface area (Å²) in [6.45, 7) is 11.1. The first-order valence-electron chi connectivity index (χ1n) is 20.3. The second kappa shape index (κ2) is 21.7. The molecular weight excluding hydrogens is 825 g/mol. The predicted molar refractivity (Wildman–Crippen MR) is 243 cm³/mol. The zero-order valence-corrected chi connectivity index (χ0v) is 36.1. The quantitative estimate of drug-likeness (QED) is 0.0185. The molecule has 0 saturated carbocycles. The molecule has 0 spiro atoms. The van der Waals surface area contributed by atoms with Gasteiger partial charge in [0.1, 0.15) is 11.6 Å². The summed E-state index contributed by atoms with van der Waals surface area (Å²) in [6, 6.07) is 30.0. The molecule has 5 aromatic carbocycles. The number of halogens is 2. The Balaban J connectivity index is 1.12. The second-order valence-electron chi connectivity index (χ2n) is 14.7. The largest absolute Gasteiger partial charge is 0.493 e. The van der Waals surface area contributed by atoms with Crippen LogP contribution in [0.5, 0.6) is 11.5 Å². The van der Waals surface area contributed by atoms with Crippen LogP contribution in [0.1, 0.15) is 49.8 Å². The number of ether oxygens (including phenoxy) is 4. The molecule has 0 fully saturated rings. The molecule has 0 aliphatic rings. The number of esters is 3. The first-order chi connectivity index (χ1) is 30.4. The molecule has 0 aliphatic carbocycles. The van der Waals surface area contributed by atoms with Crippen molar-refractivity contribution < 1.29 is 42.1 Å². The van der Waals surface area contributed by atoms with E-state index in [9.17, 15) is 14.4 Å². The van der Waals surface area contributed by atoms with Crippen LogP contribution in [0.4, 0.5) is 13.9 Å². The number of rotatable bonds is 20.